The summed E-state index contributed by atoms with van der Waals surface area (Å²) in [4.78, 5) is 26.0. The molecule has 0 aromatic heterocycles. The average Bonchev–Trinajstić information content (AvgIpc) is 2.78. The maximum atomic E-state index is 13.0. The fraction of sp³-hybridized carbons (Fsp3) is 0.308. The zero-order chi connectivity index (χ0) is 21.8. The molecule has 31 heavy (non-hydrogen) atoms. The van der Waals surface area contributed by atoms with Crippen molar-refractivity contribution in [1.29, 1.82) is 0 Å². The molecule has 0 amide bonds. The van der Waals surface area contributed by atoms with Gasteiger partial charge in [-0.1, -0.05) is 55.1 Å². The first kappa shape index (κ1) is 20.9. The second-order valence-electron chi connectivity index (χ2n) is 7.84. The summed E-state index contributed by atoms with van der Waals surface area (Å²) in [5.74, 6) is -0.832. The van der Waals surface area contributed by atoms with Crippen LogP contribution in [0.1, 0.15) is 43.2 Å². The second kappa shape index (κ2) is 9.21. The van der Waals surface area contributed by atoms with Gasteiger partial charge < -0.3 is 14.8 Å². The number of esters is 1. The van der Waals surface area contributed by atoms with Crippen molar-refractivity contribution in [2.45, 2.75) is 38.7 Å². The van der Waals surface area contributed by atoms with Crippen molar-refractivity contribution in [2.24, 2.45) is 5.92 Å². The van der Waals surface area contributed by atoms with E-state index in [-0.39, 0.29) is 18.4 Å². The number of rotatable bonds is 6. The van der Waals surface area contributed by atoms with Crippen molar-refractivity contribution >= 4 is 11.8 Å². The third-order valence-corrected chi connectivity index (χ3v) is 5.82. The summed E-state index contributed by atoms with van der Waals surface area (Å²) in [5, 5.41) is 3.24. The molecule has 2 aromatic rings. The van der Waals surface area contributed by atoms with Gasteiger partial charge in [0.2, 0.25) is 0 Å². The number of allylic oxidation sites excluding steroid dienone is 2. The first-order chi connectivity index (χ1) is 15.1. The molecule has 1 aliphatic carbocycles. The summed E-state index contributed by atoms with van der Waals surface area (Å²) < 4.78 is 11.6. The van der Waals surface area contributed by atoms with Gasteiger partial charge in [0, 0.05) is 34.9 Å². The van der Waals surface area contributed by atoms with Crippen molar-refractivity contribution < 1.29 is 19.1 Å². The van der Waals surface area contributed by atoms with Crippen LogP contribution in [0.3, 0.4) is 0 Å². The highest BCUT2D eigenvalue weighted by Crippen LogP contribution is 2.46. The Morgan fingerprint density at radius 3 is 2.61 bits per heavy atom. The topological polar surface area (TPSA) is 64.6 Å². The van der Waals surface area contributed by atoms with Gasteiger partial charge >= 0.3 is 5.97 Å². The largest absolute Gasteiger partial charge is 0.489 e. The number of carbonyl (C=O) groups is 2. The van der Waals surface area contributed by atoms with E-state index in [0.717, 1.165) is 29.7 Å². The van der Waals surface area contributed by atoms with Crippen molar-refractivity contribution in [3.05, 3.63) is 89.3 Å². The molecule has 0 fully saturated rings. The molecule has 5 nitrogen and oxygen atoms in total. The van der Waals surface area contributed by atoms with Gasteiger partial charge in [0.25, 0.3) is 0 Å². The average molecular weight is 418 g/mol. The van der Waals surface area contributed by atoms with Crippen molar-refractivity contribution in [2.75, 3.05) is 6.61 Å². The van der Waals surface area contributed by atoms with E-state index in [1.54, 1.807) is 6.92 Å². The van der Waals surface area contributed by atoms with Crippen molar-refractivity contribution in [3.63, 3.8) is 0 Å². The molecule has 0 saturated carbocycles. The van der Waals surface area contributed by atoms with Crippen LogP contribution in [0.4, 0.5) is 0 Å². The van der Waals surface area contributed by atoms with Crippen LogP contribution in [-0.2, 0) is 20.9 Å². The number of nitrogens with one attached hydrogen (secondary N) is 1. The molecule has 160 valence electrons. The molecule has 1 heterocycles. The Morgan fingerprint density at radius 1 is 1.10 bits per heavy atom. The maximum Gasteiger partial charge on any atom is 0.315 e. The first-order valence-electron chi connectivity index (χ1n) is 10.7. The van der Waals surface area contributed by atoms with E-state index in [1.165, 1.54) is 0 Å². The minimum atomic E-state index is -0.692. The fourth-order valence-electron chi connectivity index (χ4n) is 4.44. The van der Waals surface area contributed by atoms with E-state index in [4.69, 9.17) is 9.47 Å². The van der Waals surface area contributed by atoms with Crippen LogP contribution in [0.15, 0.2) is 78.1 Å². The Labute approximate surface area is 182 Å². The zero-order valence-electron chi connectivity index (χ0n) is 17.7. The van der Waals surface area contributed by atoms with Gasteiger partial charge in [0.05, 0.1) is 6.61 Å². The minimum absolute atomic E-state index is 0.0680. The lowest BCUT2D eigenvalue weighted by Gasteiger charge is -2.38. The van der Waals surface area contributed by atoms with Crippen LogP contribution >= 0.6 is 0 Å². The van der Waals surface area contributed by atoms with Gasteiger partial charge in [0.1, 0.15) is 18.3 Å². The van der Waals surface area contributed by atoms with E-state index in [9.17, 15) is 9.59 Å². The van der Waals surface area contributed by atoms with Gasteiger partial charge in [-0.15, -0.1) is 0 Å². The zero-order valence-corrected chi connectivity index (χ0v) is 17.7. The van der Waals surface area contributed by atoms with Gasteiger partial charge in [-0.05, 0) is 31.4 Å². The third kappa shape index (κ3) is 4.26. The van der Waals surface area contributed by atoms with Crippen LogP contribution in [-0.4, -0.2) is 18.4 Å². The number of Topliss-reactive ketones (excluding diaryl/α,β-unsaturated/α-hetero) is 1. The molecule has 1 aliphatic heterocycles. The van der Waals surface area contributed by atoms with E-state index in [0.29, 0.717) is 30.0 Å². The predicted molar refractivity (Wildman–Crippen MR) is 118 cm³/mol. The third-order valence-electron chi connectivity index (χ3n) is 5.82. The normalized spacial score (nSPS) is 20.7. The molecule has 2 unspecified atom stereocenters. The fourth-order valence-corrected chi connectivity index (χ4v) is 4.44. The molecule has 2 atom stereocenters. The highest BCUT2D eigenvalue weighted by atomic mass is 16.5. The summed E-state index contributed by atoms with van der Waals surface area (Å²) in [7, 11) is 0. The van der Waals surface area contributed by atoms with Gasteiger partial charge in [-0.2, -0.15) is 0 Å². The molecule has 0 spiro atoms. The summed E-state index contributed by atoms with van der Waals surface area (Å²) >= 11 is 0. The highest BCUT2D eigenvalue weighted by Gasteiger charge is 2.44. The lowest BCUT2D eigenvalue weighted by atomic mass is 9.71. The Morgan fingerprint density at radius 2 is 1.84 bits per heavy atom. The summed E-state index contributed by atoms with van der Waals surface area (Å²) in [5.41, 5.74) is 3.94. The number of carbonyl (C=O) groups excluding carboxylic acids is 2. The Bertz CT molecular complexity index is 1020. The molecule has 1 N–H and O–H groups in total. The van der Waals surface area contributed by atoms with Crippen LogP contribution < -0.4 is 10.1 Å². The van der Waals surface area contributed by atoms with E-state index in [2.05, 4.69) is 11.9 Å². The van der Waals surface area contributed by atoms with Crippen molar-refractivity contribution in [1.82, 2.24) is 5.32 Å². The quantitative estimate of drug-likeness (QED) is 0.693. The lowest BCUT2D eigenvalue weighted by Crippen LogP contribution is -2.41. The van der Waals surface area contributed by atoms with Gasteiger partial charge in [-0.3, -0.25) is 9.59 Å². The summed E-state index contributed by atoms with van der Waals surface area (Å²) in [6.07, 6.45) is 2.03. The van der Waals surface area contributed by atoms with Crippen LogP contribution in [0.5, 0.6) is 5.75 Å². The van der Waals surface area contributed by atoms with Gasteiger partial charge in [-0.25, -0.2) is 0 Å². The molecule has 5 heteroatoms. The first-order valence-corrected chi connectivity index (χ1v) is 10.7. The SMILES string of the molecule is C=C1NC2=C(C(=O)CCC2)C(c2ccccc2OCc2ccccc2)C1C(=O)OCC. The summed E-state index contributed by atoms with van der Waals surface area (Å²) in [6.45, 7) is 6.55. The molecular formula is C26H27NO4. The summed E-state index contributed by atoms with van der Waals surface area (Å²) in [6, 6.07) is 17.5. The molecular weight excluding hydrogens is 390 g/mol. The minimum Gasteiger partial charge on any atom is -0.489 e. The predicted octanol–water partition coefficient (Wildman–Crippen LogP) is 4.65. The Kier molecular flexibility index (Phi) is 6.21. The van der Waals surface area contributed by atoms with Crippen LogP contribution in [0.2, 0.25) is 0 Å². The molecule has 4 rings (SSSR count). The van der Waals surface area contributed by atoms with Crippen LogP contribution in [0.25, 0.3) is 0 Å². The van der Waals surface area contributed by atoms with E-state index < -0.39 is 11.8 Å². The maximum absolute atomic E-state index is 13.0. The van der Waals surface area contributed by atoms with E-state index >= 15 is 0 Å². The Hall–Kier alpha value is -3.34. The van der Waals surface area contributed by atoms with Crippen molar-refractivity contribution in [3.8, 4) is 5.75 Å². The number of ketones is 1. The smallest absolute Gasteiger partial charge is 0.315 e. The Balaban J connectivity index is 1.77. The molecule has 0 saturated heterocycles. The number of hydrogen-bond donors (Lipinski definition) is 1. The molecule has 0 radical (unpaired) electrons. The molecule has 2 aromatic carbocycles. The van der Waals surface area contributed by atoms with Gasteiger partial charge in [0.15, 0.2) is 5.78 Å². The van der Waals surface area contributed by atoms with E-state index in [1.807, 2.05) is 54.6 Å². The molecule has 0 bridgehead atoms. The lowest BCUT2D eigenvalue weighted by molar-refractivity contribution is -0.147. The number of hydrogen-bond acceptors (Lipinski definition) is 5. The monoisotopic (exact) mass is 417 g/mol. The highest BCUT2D eigenvalue weighted by molar-refractivity contribution is 6.00. The molecule has 2 aliphatic rings. The standard InChI is InChI=1S/C26H27NO4/c1-3-30-26(29)23-17(2)27-20-13-9-14-21(28)25(20)24(23)19-12-7-8-15-22(19)31-16-18-10-5-4-6-11-18/h4-8,10-12,15,23-24,27H,2-3,9,13-14,16H2,1H3. The number of ether oxygens (including phenoxy) is 2. The number of para-hydroxylation sites is 1. The second-order valence-corrected chi connectivity index (χ2v) is 7.84. The number of benzene rings is 2. The van der Waals surface area contributed by atoms with Crippen LogP contribution in [0, 0.1) is 5.92 Å².